The number of hydrogen-bond acceptors (Lipinski definition) is 2. The first kappa shape index (κ1) is 14.3. The molecule has 1 aliphatic heterocycles. The van der Waals surface area contributed by atoms with Crippen LogP contribution in [0.5, 0.6) is 0 Å². The molecule has 3 nitrogen and oxygen atoms in total. The summed E-state index contributed by atoms with van der Waals surface area (Å²) < 4.78 is 0. The number of benzene rings is 1. The van der Waals surface area contributed by atoms with Crippen molar-refractivity contribution in [2.24, 2.45) is 0 Å². The summed E-state index contributed by atoms with van der Waals surface area (Å²) >= 11 is 0. The van der Waals surface area contributed by atoms with Crippen LogP contribution in [0.1, 0.15) is 56.2 Å². The maximum Gasteiger partial charge on any atom is 0.231 e. The van der Waals surface area contributed by atoms with Crippen LogP contribution in [0.3, 0.4) is 0 Å². The molecule has 1 aliphatic rings. The second-order valence-corrected chi connectivity index (χ2v) is 6.31. The van der Waals surface area contributed by atoms with E-state index >= 15 is 0 Å². The Balaban J connectivity index is 2.58. The molecule has 1 aromatic rings. The number of allylic oxidation sites excluding steroid dienone is 1. The molecule has 0 spiro atoms. The lowest BCUT2D eigenvalue weighted by molar-refractivity contribution is -0.122. The zero-order valence-corrected chi connectivity index (χ0v) is 12.3. The Morgan fingerprint density at radius 1 is 1.40 bits per heavy atom. The topological polar surface area (TPSA) is 52.9 Å². The third-order valence-electron chi connectivity index (χ3n) is 3.73. The Morgan fingerprint density at radius 3 is 2.65 bits per heavy atom. The highest BCUT2D eigenvalue weighted by molar-refractivity contribution is 5.87. The fraction of sp³-hybridized carbons (Fsp3) is 0.412. The molecular formula is C17H20N2O. The lowest BCUT2D eigenvalue weighted by Gasteiger charge is -2.30. The Morgan fingerprint density at radius 2 is 2.10 bits per heavy atom. The Hall–Kier alpha value is -2.08. The largest absolute Gasteiger partial charge is 0.330 e. The van der Waals surface area contributed by atoms with Gasteiger partial charge in [0.05, 0.1) is 17.6 Å². The van der Waals surface area contributed by atoms with Crippen LogP contribution in [0, 0.1) is 11.3 Å². The van der Waals surface area contributed by atoms with Crippen molar-refractivity contribution in [2.45, 2.75) is 44.9 Å². The van der Waals surface area contributed by atoms with E-state index in [9.17, 15) is 10.1 Å². The van der Waals surface area contributed by atoms with Gasteiger partial charge in [-0.15, -0.1) is 0 Å². The number of nitrogens with zero attached hydrogens (tertiary/aromatic N) is 1. The second-order valence-electron chi connectivity index (χ2n) is 6.31. The van der Waals surface area contributed by atoms with Crippen LogP contribution >= 0.6 is 0 Å². The van der Waals surface area contributed by atoms with Crippen molar-refractivity contribution in [1.29, 1.82) is 5.26 Å². The quantitative estimate of drug-likeness (QED) is 0.849. The molecule has 1 fully saturated rings. The van der Waals surface area contributed by atoms with E-state index in [1.54, 1.807) is 6.07 Å². The van der Waals surface area contributed by atoms with Gasteiger partial charge in [0.1, 0.15) is 0 Å². The van der Waals surface area contributed by atoms with E-state index in [1.165, 1.54) is 0 Å². The molecule has 104 valence electrons. The lowest BCUT2D eigenvalue weighted by atomic mass is 9.76. The van der Waals surface area contributed by atoms with Gasteiger partial charge in [-0.3, -0.25) is 4.79 Å². The predicted molar refractivity (Wildman–Crippen MR) is 79.1 cm³/mol. The van der Waals surface area contributed by atoms with Crippen molar-refractivity contribution >= 4 is 5.91 Å². The summed E-state index contributed by atoms with van der Waals surface area (Å²) in [6, 6.07) is 7.94. The smallest absolute Gasteiger partial charge is 0.231 e. The van der Waals surface area contributed by atoms with Gasteiger partial charge in [0.25, 0.3) is 0 Å². The van der Waals surface area contributed by atoms with Crippen molar-refractivity contribution in [3.05, 3.63) is 47.2 Å². The Bertz CT molecular complexity index is 602. The van der Waals surface area contributed by atoms with Gasteiger partial charge in [-0.1, -0.05) is 39.5 Å². The maximum absolute atomic E-state index is 12.3. The van der Waals surface area contributed by atoms with E-state index in [1.807, 2.05) is 12.1 Å². The number of nitriles is 1. The molecule has 1 N–H and O–H groups in total. The molecule has 0 aromatic heterocycles. The fourth-order valence-electron chi connectivity index (χ4n) is 2.74. The van der Waals surface area contributed by atoms with Crippen LogP contribution < -0.4 is 5.32 Å². The number of rotatable bonds is 1. The van der Waals surface area contributed by atoms with Gasteiger partial charge in [-0.05, 0) is 35.4 Å². The fourth-order valence-corrected chi connectivity index (χ4v) is 2.74. The zero-order chi connectivity index (χ0) is 14.9. The van der Waals surface area contributed by atoms with E-state index < -0.39 is 0 Å². The molecule has 0 bridgehead atoms. The highest BCUT2D eigenvalue weighted by atomic mass is 16.2. The van der Waals surface area contributed by atoms with Gasteiger partial charge in [0.15, 0.2) is 0 Å². The molecule has 1 unspecified atom stereocenters. The number of carbonyl (C=O) groups is 1. The van der Waals surface area contributed by atoms with E-state index in [0.29, 0.717) is 12.0 Å². The summed E-state index contributed by atoms with van der Waals surface area (Å²) in [7, 11) is 0. The van der Waals surface area contributed by atoms with Gasteiger partial charge in [0, 0.05) is 5.70 Å². The summed E-state index contributed by atoms with van der Waals surface area (Å²) in [5, 5.41) is 12.2. The molecule has 1 aromatic carbocycles. The third-order valence-corrected chi connectivity index (χ3v) is 3.73. The molecule has 0 radical (unpaired) electrons. The van der Waals surface area contributed by atoms with Gasteiger partial charge >= 0.3 is 0 Å². The molecule has 0 aliphatic carbocycles. The molecule has 1 heterocycles. The number of hydrogen-bond donors (Lipinski definition) is 1. The monoisotopic (exact) mass is 268 g/mol. The Labute approximate surface area is 120 Å². The highest BCUT2D eigenvalue weighted by Gasteiger charge is 2.32. The first-order valence-corrected chi connectivity index (χ1v) is 6.86. The Kier molecular flexibility index (Phi) is 3.67. The first-order chi connectivity index (χ1) is 9.34. The normalized spacial score (nSPS) is 19.4. The summed E-state index contributed by atoms with van der Waals surface area (Å²) in [4.78, 5) is 12.3. The molecular weight excluding hydrogens is 248 g/mol. The molecule has 1 amide bonds. The van der Waals surface area contributed by atoms with Gasteiger partial charge in [0.2, 0.25) is 5.91 Å². The standard InChI is InChI=1S/C17H20N2O/c1-11-8-9-13(16(20)19-11)15-12(10-18)6-5-7-14(15)17(2,3)4/h5-7,13H,1,8-9H2,2-4H3,(H,19,20). The summed E-state index contributed by atoms with van der Waals surface area (Å²) in [6.45, 7) is 10.1. The van der Waals surface area contributed by atoms with Crippen LogP contribution in [0.2, 0.25) is 0 Å². The van der Waals surface area contributed by atoms with Crippen molar-refractivity contribution in [3.63, 3.8) is 0 Å². The number of amides is 1. The first-order valence-electron chi connectivity index (χ1n) is 6.86. The second kappa shape index (κ2) is 5.13. The lowest BCUT2D eigenvalue weighted by Crippen LogP contribution is -2.35. The molecule has 1 atom stereocenters. The molecule has 1 saturated heterocycles. The summed E-state index contributed by atoms with van der Waals surface area (Å²) in [5.41, 5.74) is 3.22. The van der Waals surface area contributed by atoms with Crippen LogP contribution in [0.15, 0.2) is 30.5 Å². The van der Waals surface area contributed by atoms with E-state index in [4.69, 9.17) is 0 Å². The van der Waals surface area contributed by atoms with Crippen molar-refractivity contribution in [1.82, 2.24) is 5.32 Å². The van der Waals surface area contributed by atoms with E-state index in [2.05, 4.69) is 38.7 Å². The molecule has 20 heavy (non-hydrogen) atoms. The van der Waals surface area contributed by atoms with Crippen LogP contribution in [0.4, 0.5) is 0 Å². The zero-order valence-electron chi connectivity index (χ0n) is 12.3. The molecule has 3 heteroatoms. The van der Waals surface area contributed by atoms with Crippen LogP contribution in [0.25, 0.3) is 0 Å². The molecule has 0 saturated carbocycles. The van der Waals surface area contributed by atoms with Gasteiger partial charge in [-0.25, -0.2) is 0 Å². The highest BCUT2D eigenvalue weighted by Crippen LogP contribution is 2.37. The maximum atomic E-state index is 12.3. The van der Waals surface area contributed by atoms with E-state index in [-0.39, 0.29) is 17.2 Å². The van der Waals surface area contributed by atoms with Crippen molar-refractivity contribution in [2.75, 3.05) is 0 Å². The van der Waals surface area contributed by atoms with Crippen molar-refractivity contribution in [3.8, 4) is 6.07 Å². The van der Waals surface area contributed by atoms with Gasteiger partial charge < -0.3 is 5.32 Å². The minimum absolute atomic E-state index is 0.0468. The summed E-state index contributed by atoms with van der Waals surface area (Å²) in [5.74, 6) is -0.306. The minimum atomic E-state index is -0.259. The third kappa shape index (κ3) is 2.60. The van der Waals surface area contributed by atoms with E-state index in [0.717, 1.165) is 23.2 Å². The van der Waals surface area contributed by atoms with Crippen LogP contribution in [-0.4, -0.2) is 5.91 Å². The minimum Gasteiger partial charge on any atom is -0.330 e. The van der Waals surface area contributed by atoms with Gasteiger partial charge in [-0.2, -0.15) is 5.26 Å². The number of nitrogens with one attached hydrogen (secondary N) is 1. The average molecular weight is 268 g/mol. The SMILES string of the molecule is C=C1CCC(c2c(C#N)cccc2C(C)(C)C)C(=O)N1. The predicted octanol–water partition coefficient (Wildman–Crippen LogP) is 3.36. The van der Waals surface area contributed by atoms with Crippen molar-refractivity contribution < 1.29 is 4.79 Å². The summed E-state index contributed by atoms with van der Waals surface area (Å²) in [6.07, 6.45) is 1.48. The number of piperidine rings is 1. The number of carbonyl (C=O) groups excluding carboxylic acids is 1. The van der Waals surface area contributed by atoms with Crippen LogP contribution in [-0.2, 0) is 10.2 Å². The molecule has 2 rings (SSSR count). The average Bonchev–Trinajstić information content (AvgIpc) is 2.37.